The maximum absolute atomic E-state index is 9.83. The molecule has 1 unspecified atom stereocenters. The summed E-state index contributed by atoms with van der Waals surface area (Å²) in [7, 11) is -4.56. The molecular weight excluding hydrogens is 176 g/mol. The molecule has 1 atom stereocenters. The second-order valence-corrected chi connectivity index (χ2v) is 2.83. The Morgan fingerprint density at radius 1 is 1.55 bits per heavy atom. The molecule has 0 aromatic carbocycles. The normalized spacial score (nSPS) is 14.8. The summed E-state index contributed by atoms with van der Waals surface area (Å²) < 4.78 is 31.1. The van der Waals surface area contributed by atoms with Crippen molar-refractivity contribution in [1.82, 2.24) is 0 Å². The molecule has 0 radical (unpaired) electrons. The average molecular weight is 186 g/mol. The molecule has 0 saturated heterocycles. The molecule has 0 aliphatic rings. The zero-order valence-electron chi connectivity index (χ0n) is 5.93. The van der Waals surface area contributed by atoms with Crippen LogP contribution in [0.2, 0.25) is 0 Å². The lowest BCUT2D eigenvalue weighted by Crippen LogP contribution is -2.16. The Morgan fingerprint density at radius 2 is 2.09 bits per heavy atom. The van der Waals surface area contributed by atoms with E-state index in [1.807, 2.05) is 0 Å². The van der Waals surface area contributed by atoms with E-state index in [2.05, 4.69) is 9.22 Å². The van der Waals surface area contributed by atoms with Crippen LogP contribution in [0.25, 0.3) is 0 Å². The Bertz CT molecular complexity index is 185. The monoisotopic (exact) mass is 186 g/mol. The van der Waals surface area contributed by atoms with E-state index in [1.54, 1.807) is 6.92 Å². The van der Waals surface area contributed by atoms with Crippen molar-refractivity contribution in [3.05, 3.63) is 0 Å². The lowest BCUT2D eigenvalue weighted by molar-refractivity contribution is -0.224. The van der Waals surface area contributed by atoms with Crippen LogP contribution >= 0.6 is 0 Å². The SMILES string of the molecule is CCC(O)COOS(=O)(=O)O. The van der Waals surface area contributed by atoms with Gasteiger partial charge in [-0.15, -0.1) is 0 Å². The molecule has 0 fully saturated rings. The first-order valence-corrected chi connectivity index (χ1v) is 4.28. The van der Waals surface area contributed by atoms with Crippen LogP contribution in [0, 0.1) is 0 Å². The molecular formula is C4H10O6S. The van der Waals surface area contributed by atoms with Gasteiger partial charge in [0.1, 0.15) is 6.61 Å². The fourth-order valence-corrected chi connectivity index (χ4v) is 0.462. The van der Waals surface area contributed by atoms with Crippen LogP contribution in [0.3, 0.4) is 0 Å². The number of hydrogen-bond donors (Lipinski definition) is 2. The van der Waals surface area contributed by atoms with Gasteiger partial charge in [0.25, 0.3) is 0 Å². The Kier molecular flexibility index (Phi) is 4.54. The van der Waals surface area contributed by atoms with Gasteiger partial charge >= 0.3 is 10.4 Å². The Labute approximate surface area is 64.6 Å². The van der Waals surface area contributed by atoms with E-state index >= 15 is 0 Å². The molecule has 0 aromatic heterocycles. The Balaban J connectivity index is 3.43. The maximum Gasteiger partial charge on any atom is 0.424 e. The van der Waals surface area contributed by atoms with Crippen LogP contribution in [0.1, 0.15) is 13.3 Å². The summed E-state index contributed by atoms with van der Waals surface area (Å²) in [6.45, 7) is 1.39. The third-order valence-electron chi connectivity index (χ3n) is 0.866. The van der Waals surface area contributed by atoms with Gasteiger partial charge in [-0.05, 0) is 6.42 Å². The van der Waals surface area contributed by atoms with Gasteiger partial charge in [0, 0.05) is 0 Å². The van der Waals surface area contributed by atoms with E-state index in [-0.39, 0.29) is 6.61 Å². The average Bonchev–Trinajstić information content (AvgIpc) is 1.85. The predicted molar refractivity (Wildman–Crippen MR) is 34.9 cm³/mol. The molecule has 7 heteroatoms. The first-order valence-electron chi connectivity index (χ1n) is 2.92. The molecule has 2 N–H and O–H groups in total. The molecule has 0 aliphatic heterocycles. The third-order valence-corrected chi connectivity index (χ3v) is 1.13. The number of hydrogen-bond acceptors (Lipinski definition) is 5. The molecule has 6 nitrogen and oxygen atoms in total. The smallest absolute Gasteiger partial charge is 0.391 e. The molecule has 0 saturated carbocycles. The van der Waals surface area contributed by atoms with Gasteiger partial charge in [0.2, 0.25) is 0 Å². The number of aliphatic hydroxyl groups is 1. The molecule has 0 spiro atoms. The van der Waals surface area contributed by atoms with Crippen LogP contribution in [0.5, 0.6) is 0 Å². The summed E-state index contributed by atoms with van der Waals surface area (Å²) in [6.07, 6.45) is -0.383. The topological polar surface area (TPSA) is 93.1 Å². The van der Waals surface area contributed by atoms with E-state index < -0.39 is 16.5 Å². The van der Waals surface area contributed by atoms with Crippen LogP contribution in [-0.2, 0) is 19.6 Å². The van der Waals surface area contributed by atoms with E-state index in [4.69, 9.17) is 9.66 Å². The number of aliphatic hydroxyl groups excluding tert-OH is 1. The molecule has 0 amide bonds. The van der Waals surface area contributed by atoms with E-state index in [0.29, 0.717) is 6.42 Å². The van der Waals surface area contributed by atoms with Crippen molar-refractivity contribution in [2.75, 3.05) is 6.61 Å². The summed E-state index contributed by atoms with van der Waals surface area (Å²) >= 11 is 0. The highest BCUT2D eigenvalue weighted by atomic mass is 32.3. The molecule has 68 valence electrons. The lowest BCUT2D eigenvalue weighted by Gasteiger charge is -2.04. The van der Waals surface area contributed by atoms with Crippen molar-refractivity contribution in [3.63, 3.8) is 0 Å². The fraction of sp³-hybridized carbons (Fsp3) is 1.00. The van der Waals surface area contributed by atoms with Crippen LogP contribution < -0.4 is 0 Å². The maximum atomic E-state index is 9.83. The molecule has 11 heavy (non-hydrogen) atoms. The summed E-state index contributed by atoms with van der Waals surface area (Å²) in [5.41, 5.74) is 0. The molecule has 0 heterocycles. The van der Waals surface area contributed by atoms with Gasteiger partial charge in [-0.25, -0.2) is 4.89 Å². The summed E-state index contributed by atoms with van der Waals surface area (Å²) in [4.78, 5) is 3.96. The van der Waals surface area contributed by atoms with Gasteiger partial charge in [-0.3, -0.25) is 4.55 Å². The van der Waals surface area contributed by atoms with E-state index in [0.717, 1.165) is 0 Å². The van der Waals surface area contributed by atoms with Gasteiger partial charge in [-0.2, -0.15) is 8.42 Å². The quantitative estimate of drug-likeness (QED) is 0.342. The molecule has 0 aliphatic carbocycles. The highest BCUT2D eigenvalue weighted by Gasteiger charge is 2.07. The minimum atomic E-state index is -4.56. The second-order valence-electron chi connectivity index (χ2n) is 1.84. The molecule has 0 rings (SSSR count). The highest BCUT2D eigenvalue weighted by Crippen LogP contribution is 1.93. The highest BCUT2D eigenvalue weighted by molar-refractivity contribution is 7.80. The fourth-order valence-electron chi connectivity index (χ4n) is 0.285. The van der Waals surface area contributed by atoms with Crippen LogP contribution in [0.4, 0.5) is 0 Å². The first-order chi connectivity index (χ1) is 4.95. The van der Waals surface area contributed by atoms with Crippen LogP contribution in [0.15, 0.2) is 0 Å². The van der Waals surface area contributed by atoms with Crippen molar-refractivity contribution in [2.45, 2.75) is 19.4 Å². The minimum absolute atomic E-state index is 0.295. The van der Waals surface area contributed by atoms with Gasteiger partial charge < -0.3 is 5.11 Å². The summed E-state index contributed by atoms with van der Waals surface area (Å²) in [5, 5.41) is 8.77. The van der Waals surface area contributed by atoms with Crippen molar-refractivity contribution in [3.8, 4) is 0 Å². The summed E-state index contributed by atoms with van der Waals surface area (Å²) in [5.74, 6) is 0. The van der Waals surface area contributed by atoms with Crippen LogP contribution in [-0.4, -0.2) is 30.8 Å². The van der Waals surface area contributed by atoms with Crippen molar-refractivity contribution in [1.29, 1.82) is 0 Å². The zero-order valence-corrected chi connectivity index (χ0v) is 6.74. The Hall–Kier alpha value is -0.210. The van der Waals surface area contributed by atoms with Crippen molar-refractivity contribution >= 4 is 10.4 Å². The predicted octanol–water partition coefficient (Wildman–Crippen LogP) is -0.492. The summed E-state index contributed by atoms with van der Waals surface area (Å²) in [6, 6.07) is 0. The minimum Gasteiger partial charge on any atom is -0.391 e. The number of rotatable bonds is 5. The first kappa shape index (κ1) is 10.8. The van der Waals surface area contributed by atoms with Crippen molar-refractivity contribution < 1.29 is 27.3 Å². The lowest BCUT2D eigenvalue weighted by atomic mass is 10.3. The third kappa shape index (κ3) is 7.69. The van der Waals surface area contributed by atoms with E-state index in [9.17, 15) is 8.42 Å². The second kappa shape index (κ2) is 4.62. The van der Waals surface area contributed by atoms with Crippen molar-refractivity contribution in [2.24, 2.45) is 0 Å². The van der Waals surface area contributed by atoms with Gasteiger partial charge in [-0.1, -0.05) is 11.3 Å². The van der Waals surface area contributed by atoms with Gasteiger partial charge in [0.15, 0.2) is 0 Å². The molecule has 0 aromatic rings. The Morgan fingerprint density at radius 3 is 2.45 bits per heavy atom. The van der Waals surface area contributed by atoms with E-state index in [1.165, 1.54) is 0 Å². The van der Waals surface area contributed by atoms with Gasteiger partial charge in [0.05, 0.1) is 6.10 Å². The molecule has 0 bridgehead atoms. The zero-order chi connectivity index (χ0) is 8.91. The largest absolute Gasteiger partial charge is 0.424 e. The standard InChI is InChI=1S/C4H10O6S/c1-2-4(5)3-9-10-11(6,7)8/h4-5H,2-3H2,1H3,(H,6,7,8).